The van der Waals surface area contributed by atoms with Gasteiger partial charge in [-0.15, -0.1) is 0 Å². The standard InChI is InChI=1S/C17H21IN6O/c1-9(2)11-6-13(25-4)12(18)5-10(11)7-24-8-21-14-15(20-3)22-17(19)23-16(14)24/h5-6,8-9H,7H2,1-4H3,(H3,19,20,22,23). The van der Waals surface area contributed by atoms with Gasteiger partial charge in [0, 0.05) is 7.05 Å². The zero-order valence-electron chi connectivity index (χ0n) is 14.7. The number of ether oxygens (including phenoxy) is 1. The van der Waals surface area contributed by atoms with Crippen molar-refractivity contribution in [1.82, 2.24) is 19.5 Å². The number of aromatic nitrogens is 4. The maximum atomic E-state index is 5.84. The Kier molecular flexibility index (Phi) is 4.98. The molecular weight excluding hydrogens is 431 g/mol. The number of nitrogen functional groups attached to an aromatic ring is 1. The molecule has 0 fully saturated rings. The Bertz CT molecular complexity index is 921. The average molecular weight is 452 g/mol. The van der Waals surface area contributed by atoms with E-state index < -0.39 is 0 Å². The lowest BCUT2D eigenvalue weighted by atomic mass is 9.96. The third-order valence-electron chi connectivity index (χ3n) is 4.09. The van der Waals surface area contributed by atoms with Gasteiger partial charge in [-0.2, -0.15) is 9.97 Å². The lowest BCUT2D eigenvalue weighted by Gasteiger charge is -2.16. The first-order valence-corrected chi connectivity index (χ1v) is 9.04. The number of methoxy groups -OCH3 is 1. The first kappa shape index (κ1) is 17.7. The van der Waals surface area contributed by atoms with Gasteiger partial charge in [0.2, 0.25) is 5.95 Å². The lowest BCUT2D eigenvalue weighted by molar-refractivity contribution is 0.410. The molecule has 0 aliphatic carbocycles. The molecule has 25 heavy (non-hydrogen) atoms. The highest BCUT2D eigenvalue weighted by molar-refractivity contribution is 14.1. The van der Waals surface area contributed by atoms with Crippen LogP contribution >= 0.6 is 22.6 Å². The van der Waals surface area contributed by atoms with Crippen molar-refractivity contribution in [3.8, 4) is 5.75 Å². The minimum Gasteiger partial charge on any atom is -0.496 e. The molecule has 0 aliphatic heterocycles. The van der Waals surface area contributed by atoms with Crippen LogP contribution in [-0.4, -0.2) is 33.7 Å². The van der Waals surface area contributed by atoms with Crippen molar-refractivity contribution in [2.24, 2.45) is 0 Å². The van der Waals surface area contributed by atoms with E-state index in [0.717, 1.165) is 15.0 Å². The summed E-state index contributed by atoms with van der Waals surface area (Å²) in [7, 11) is 3.49. The molecule has 8 heteroatoms. The van der Waals surface area contributed by atoms with Crippen molar-refractivity contribution in [1.29, 1.82) is 0 Å². The summed E-state index contributed by atoms with van der Waals surface area (Å²) in [6.07, 6.45) is 1.78. The number of imidazole rings is 1. The molecule has 0 atom stereocenters. The predicted octanol–water partition coefficient (Wildman–Crippen LogP) is 3.24. The van der Waals surface area contributed by atoms with Crippen LogP contribution in [0.25, 0.3) is 11.2 Å². The van der Waals surface area contributed by atoms with Crippen LogP contribution in [0.15, 0.2) is 18.5 Å². The van der Waals surface area contributed by atoms with Crippen molar-refractivity contribution < 1.29 is 4.74 Å². The Morgan fingerprint density at radius 3 is 2.72 bits per heavy atom. The van der Waals surface area contributed by atoms with E-state index in [9.17, 15) is 0 Å². The van der Waals surface area contributed by atoms with Gasteiger partial charge >= 0.3 is 0 Å². The van der Waals surface area contributed by atoms with Crippen molar-refractivity contribution in [3.63, 3.8) is 0 Å². The quantitative estimate of drug-likeness (QED) is 0.578. The van der Waals surface area contributed by atoms with Gasteiger partial charge < -0.3 is 20.4 Å². The number of nitrogens with one attached hydrogen (secondary N) is 1. The van der Waals surface area contributed by atoms with Crippen LogP contribution in [0, 0.1) is 3.57 Å². The van der Waals surface area contributed by atoms with E-state index in [1.165, 1.54) is 11.1 Å². The molecule has 0 bridgehead atoms. The topological polar surface area (TPSA) is 90.9 Å². The van der Waals surface area contributed by atoms with Gasteiger partial charge in [0.05, 0.1) is 23.6 Å². The van der Waals surface area contributed by atoms with Crippen molar-refractivity contribution in [3.05, 3.63) is 33.2 Å². The zero-order chi connectivity index (χ0) is 18.1. The Morgan fingerprint density at radius 2 is 2.08 bits per heavy atom. The SMILES string of the molecule is CNc1nc(N)nc2c1ncn2Cc1cc(I)c(OC)cc1C(C)C. The second kappa shape index (κ2) is 7.03. The molecule has 3 aromatic rings. The molecule has 3 rings (SSSR count). The Labute approximate surface area is 160 Å². The van der Waals surface area contributed by atoms with Gasteiger partial charge in [0.1, 0.15) is 5.75 Å². The number of rotatable bonds is 5. The predicted molar refractivity (Wildman–Crippen MR) is 108 cm³/mol. The summed E-state index contributed by atoms with van der Waals surface area (Å²) in [4.78, 5) is 13.0. The van der Waals surface area contributed by atoms with Crippen LogP contribution in [0.5, 0.6) is 5.75 Å². The summed E-state index contributed by atoms with van der Waals surface area (Å²) in [5.41, 5.74) is 9.73. The molecule has 7 nitrogen and oxygen atoms in total. The highest BCUT2D eigenvalue weighted by Gasteiger charge is 2.16. The van der Waals surface area contributed by atoms with Crippen LogP contribution in [0.1, 0.15) is 30.9 Å². The van der Waals surface area contributed by atoms with Crippen LogP contribution in [0.2, 0.25) is 0 Å². The highest BCUT2D eigenvalue weighted by Crippen LogP contribution is 2.31. The number of fused-ring (bicyclic) bond motifs is 1. The van der Waals surface area contributed by atoms with E-state index in [2.05, 4.69) is 68.8 Å². The van der Waals surface area contributed by atoms with E-state index in [1.807, 2.05) is 4.57 Å². The third kappa shape index (κ3) is 3.35. The number of hydrogen-bond donors (Lipinski definition) is 2. The summed E-state index contributed by atoms with van der Waals surface area (Å²) in [6, 6.07) is 4.27. The average Bonchev–Trinajstić information content (AvgIpc) is 2.96. The molecule has 0 saturated heterocycles. The highest BCUT2D eigenvalue weighted by atomic mass is 127. The van der Waals surface area contributed by atoms with E-state index >= 15 is 0 Å². The van der Waals surface area contributed by atoms with E-state index in [-0.39, 0.29) is 5.95 Å². The molecule has 0 radical (unpaired) electrons. The molecule has 0 spiro atoms. The van der Waals surface area contributed by atoms with Crippen LogP contribution in [-0.2, 0) is 6.54 Å². The molecule has 132 valence electrons. The number of benzene rings is 1. The van der Waals surface area contributed by atoms with Gasteiger partial charge in [-0.05, 0) is 51.8 Å². The summed E-state index contributed by atoms with van der Waals surface area (Å²) in [5.74, 6) is 2.14. The minimum absolute atomic E-state index is 0.229. The minimum atomic E-state index is 0.229. The van der Waals surface area contributed by atoms with Gasteiger partial charge in [-0.3, -0.25) is 0 Å². The maximum Gasteiger partial charge on any atom is 0.224 e. The molecular formula is C17H21IN6O. The van der Waals surface area contributed by atoms with Gasteiger partial charge in [-0.25, -0.2) is 4.98 Å². The van der Waals surface area contributed by atoms with Gasteiger partial charge in [0.25, 0.3) is 0 Å². The van der Waals surface area contributed by atoms with Crippen LogP contribution < -0.4 is 15.8 Å². The summed E-state index contributed by atoms with van der Waals surface area (Å²) >= 11 is 2.30. The first-order chi connectivity index (χ1) is 11.9. The number of halogens is 1. The number of hydrogen-bond acceptors (Lipinski definition) is 6. The zero-order valence-corrected chi connectivity index (χ0v) is 16.8. The lowest BCUT2D eigenvalue weighted by Crippen LogP contribution is -2.07. The molecule has 3 N–H and O–H groups in total. The van der Waals surface area contributed by atoms with Crippen molar-refractivity contribution in [2.45, 2.75) is 26.3 Å². The van der Waals surface area contributed by atoms with E-state index in [4.69, 9.17) is 10.5 Å². The van der Waals surface area contributed by atoms with Gasteiger partial charge in [-0.1, -0.05) is 13.8 Å². The van der Waals surface area contributed by atoms with Gasteiger partial charge in [0.15, 0.2) is 17.0 Å². The largest absolute Gasteiger partial charge is 0.496 e. The fourth-order valence-corrected chi connectivity index (χ4v) is 3.63. The van der Waals surface area contributed by atoms with Crippen molar-refractivity contribution >= 4 is 45.5 Å². The van der Waals surface area contributed by atoms with E-state index in [1.54, 1.807) is 20.5 Å². The maximum absolute atomic E-state index is 5.84. The molecule has 0 aliphatic rings. The number of nitrogens with zero attached hydrogens (tertiary/aromatic N) is 4. The second-order valence-corrected chi connectivity index (χ2v) is 7.23. The number of nitrogens with two attached hydrogens (primary N) is 1. The smallest absolute Gasteiger partial charge is 0.224 e. The molecule has 0 amide bonds. The normalized spacial score (nSPS) is 11.3. The molecule has 2 aromatic heterocycles. The fourth-order valence-electron chi connectivity index (χ4n) is 2.88. The van der Waals surface area contributed by atoms with Crippen LogP contribution in [0.3, 0.4) is 0 Å². The summed E-state index contributed by atoms with van der Waals surface area (Å²) in [6.45, 7) is 5.01. The Hall–Kier alpha value is -2.10. The summed E-state index contributed by atoms with van der Waals surface area (Å²) < 4.78 is 8.55. The first-order valence-electron chi connectivity index (χ1n) is 7.97. The second-order valence-electron chi connectivity index (χ2n) is 6.07. The number of anilines is 2. The molecule has 0 unspecified atom stereocenters. The fraction of sp³-hybridized carbons (Fsp3) is 0.353. The molecule has 1 aromatic carbocycles. The van der Waals surface area contributed by atoms with Crippen LogP contribution in [0.4, 0.5) is 11.8 Å². The van der Waals surface area contributed by atoms with E-state index in [0.29, 0.717) is 23.8 Å². The monoisotopic (exact) mass is 452 g/mol. The Morgan fingerprint density at radius 1 is 1.32 bits per heavy atom. The van der Waals surface area contributed by atoms with Crippen molar-refractivity contribution in [2.75, 3.05) is 25.2 Å². The third-order valence-corrected chi connectivity index (χ3v) is 4.94. The summed E-state index contributed by atoms with van der Waals surface area (Å²) in [5, 5.41) is 3.02. The Balaban J connectivity index is 2.10. The molecule has 0 saturated carbocycles. The molecule has 2 heterocycles.